The largest absolute Gasteiger partial charge is 0.421 e. The van der Waals surface area contributed by atoms with E-state index in [0.717, 1.165) is 28.6 Å². The van der Waals surface area contributed by atoms with Gasteiger partial charge in [-0.25, -0.2) is 0 Å². The fourth-order valence-corrected chi connectivity index (χ4v) is 2.25. The minimum atomic E-state index is 0.0996. The van der Waals surface area contributed by atoms with Gasteiger partial charge in [0, 0.05) is 23.0 Å². The molecule has 0 radical (unpaired) electrons. The van der Waals surface area contributed by atoms with Crippen LogP contribution >= 0.6 is 15.9 Å². The number of aromatic nitrogens is 2. The Morgan fingerprint density at radius 3 is 2.70 bits per heavy atom. The highest BCUT2D eigenvalue weighted by molar-refractivity contribution is 9.10. The van der Waals surface area contributed by atoms with Crippen molar-refractivity contribution in [3.63, 3.8) is 0 Å². The zero-order valence-electron chi connectivity index (χ0n) is 12.3. The van der Waals surface area contributed by atoms with Crippen LogP contribution in [0.5, 0.6) is 0 Å². The summed E-state index contributed by atoms with van der Waals surface area (Å²) in [5.41, 5.74) is 2.19. The van der Waals surface area contributed by atoms with Crippen LogP contribution in [0.15, 0.2) is 27.1 Å². The van der Waals surface area contributed by atoms with Crippen LogP contribution in [0.2, 0.25) is 0 Å². The van der Waals surface area contributed by atoms with E-state index in [0.29, 0.717) is 11.8 Å². The van der Waals surface area contributed by atoms with Crippen LogP contribution < -0.4 is 5.32 Å². The number of benzene rings is 1. The number of aryl methyl sites for hydroxylation is 1. The van der Waals surface area contributed by atoms with Gasteiger partial charge in [-0.05, 0) is 55.3 Å². The van der Waals surface area contributed by atoms with Crippen molar-refractivity contribution in [2.75, 3.05) is 6.54 Å². The first-order chi connectivity index (χ1) is 9.37. The van der Waals surface area contributed by atoms with E-state index in [4.69, 9.17) is 4.42 Å². The summed E-state index contributed by atoms with van der Waals surface area (Å²) in [5.74, 6) is 1.22. The molecule has 1 N–H and O–H groups in total. The quantitative estimate of drug-likeness (QED) is 0.923. The van der Waals surface area contributed by atoms with Crippen LogP contribution in [-0.2, 0) is 6.42 Å². The molecule has 0 saturated heterocycles. The summed E-state index contributed by atoms with van der Waals surface area (Å²) in [6.07, 6.45) is 0.730. The van der Waals surface area contributed by atoms with E-state index < -0.39 is 0 Å². The fourth-order valence-electron chi connectivity index (χ4n) is 1.82. The van der Waals surface area contributed by atoms with Gasteiger partial charge in [0.25, 0.3) is 0 Å². The Morgan fingerprint density at radius 2 is 2.00 bits per heavy atom. The minimum absolute atomic E-state index is 0.0996. The number of hydrogen-bond donors (Lipinski definition) is 1. The first kappa shape index (κ1) is 15.2. The van der Waals surface area contributed by atoms with Crippen molar-refractivity contribution in [1.29, 1.82) is 0 Å². The zero-order valence-corrected chi connectivity index (χ0v) is 13.9. The molecule has 2 rings (SSSR count). The molecule has 20 heavy (non-hydrogen) atoms. The third-order valence-electron chi connectivity index (χ3n) is 2.88. The minimum Gasteiger partial charge on any atom is -0.421 e. The molecule has 0 bridgehead atoms. The maximum atomic E-state index is 5.73. The Labute approximate surface area is 128 Å². The smallest absolute Gasteiger partial charge is 0.248 e. The third kappa shape index (κ3) is 3.90. The lowest BCUT2D eigenvalue weighted by Crippen LogP contribution is -2.37. The predicted molar refractivity (Wildman–Crippen MR) is 83.6 cm³/mol. The summed E-state index contributed by atoms with van der Waals surface area (Å²) in [7, 11) is 0. The van der Waals surface area contributed by atoms with Gasteiger partial charge in [-0.15, -0.1) is 10.2 Å². The molecular weight excluding hydrogens is 318 g/mol. The van der Waals surface area contributed by atoms with E-state index in [-0.39, 0.29) is 5.54 Å². The molecule has 0 amide bonds. The van der Waals surface area contributed by atoms with Gasteiger partial charge in [0.15, 0.2) is 0 Å². The van der Waals surface area contributed by atoms with Crippen molar-refractivity contribution < 1.29 is 4.42 Å². The average Bonchev–Trinajstić information content (AvgIpc) is 2.79. The number of nitrogens with zero attached hydrogens (tertiary/aromatic N) is 2. The SMILES string of the molecule is Cc1cccc(-c2nnc(CCNC(C)(C)C)o2)c1Br. The molecule has 0 aliphatic carbocycles. The van der Waals surface area contributed by atoms with Crippen LogP contribution in [0.25, 0.3) is 11.5 Å². The topological polar surface area (TPSA) is 51.0 Å². The molecule has 0 aliphatic rings. The Kier molecular flexibility index (Phi) is 4.60. The van der Waals surface area contributed by atoms with Crippen LogP contribution in [-0.4, -0.2) is 22.3 Å². The van der Waals surface area contributed by atoms with Crippen LogP contribution in [0, 0.1) is 6.92 Å². The molecular formula is C15H20BrN3O. The zero-order chi connectivity index (χ0) is 14.8. The molecule has 1 aromatic carbocycles. The predicted octanol–water partition coefficient (Wildman–Crippen LogP) is 3.74. The number of halogens is 1. The van der Waals surface area contributed by atoms with Crippen molar-refractivity contribution in [1.82, 2.24) is 15.5 Å². The van der Waals surface area contributed by atoms with Gasteiger partial charge >= 0.3 is 0 Å². The van der Waals surface area contributed by atoms with Crippen LogP contribution in [0.1, 0.15) is 32.2 Å². The van der Waals surface area contributed by atoms with Crippen LogP contribution in [0.3, 0.4) is 0 Å². The standard InChI is InChI=1S/C15H20BrN3O/c1-10-6-5-7-11(13(10)16)14-19-18-12(20-14)8-9-17-15(2,3)4/h5-7,17H,8-9H2,1-4H3. The lowest BCUT2D eigenvalue weighted by atomic mass is 10.1. The molecule has 5 heteroatoms. The Hall–Kier alpha value is -1.20. The van der Waals surface area contributed by atoms with Crippen LogP contribution in [0.4, 0.5) is 0 Å². The van der Waals surface area contributed by atoms with Gasteiger partial charge in [0.1, 0.15) is 0 Å². The average molecular weight is 338 g/mol. The second-order valence-corrected chi connectivity index (χ2v) is 6.66. The van der Waals surface area contributed by atoms with Crippen molar-refractivity contribution in [2.45, 2.75) is 39.7 Å². The van der Waals surface area contributed by atoms with E-state index in [1.807, 2.05) is 25.1 Å². The molecule has 4 nitrogen and oxygen atoms in total. The maximum absolute atomic E-state index is 5.73. The number of hydrogen-bond acceptors (Lipinski definition) is 4. The number of rotatable bonds is 4. The van der Waals surface area contributed by atoms with Crippen molar-refractivity contribution in [3.8, 4) is 11.5 Å². The summed E-state index contributed by atoms with van der Waals surface area (Å²) < 4.78 is 6.73. The highest BCUT2D eigenvalue weighted by Crippen LogP contribution is 2.29. The highest BCUT2D eigenvalue weighted by Gasteiger charge is 2.13. The molecule has 1 heterocycles. The molecule has 0 saturated carbocycles. The maximum Gasteiger partial charge on any atom is 0.248 e. The van der Waals surface area contributed by atoms with Crippen molar-refractivity contribution >= 4 is 15.9 Å². The van der Waals surface area contributed by atoms with E-state index in [1.54, 1.807) is 0 Å². The summed E-state index contributed by atoms with van der Waals surface area (Å²) in [6, 6.07) is 6.00. The van der Waals surface area contributed by atoms with Gasteiger partial charge in [-0.2, -0.15) is 0 Å². The van der Waals surface area contributed by atoms with Gasteiger partial charge < -0.3 is 9.73 Å². The third-order valence-corrected chi connectivity index (χ3v) is 3.94. The Bertz CT molecular complexity index is 587. The summed E-state index contributed by atoms with van der Waals surface area (Å²) >= 11 is 3.56. The normalized spacial score (nSPS) is 11.8. The molecule has 0 fully saturated rings. The second-order valence-electron chi connectivity index (χ2n) is 5.86. The Morgan fingerprint density at radius 1 is 1.25 bits per heavy atom. The van der Waals surface area contributed by atoms with E-state index in [1.165, 1.54) is 0 Å². The van der Waals surface area contributed by atoms with Crippen molar-refractivity contribution in [3.05, 3.63) is 34.1 Å². The van der Waals surface area contributed by atoms with E-state index >= 15 is 0 Å². The van der Waals surface area contributed by atoms with Gasteiger partial charge in [0.2, 0.25) is 11.8 Å². The monoisotopic (exact) mass is 337 g/mol. The summed E-state index contributed by atoms with van der Waals surface area (Å²) in [5, 5.41) is 11.6. The van der Waals surface area contributed by atoms with E-state index in [9.17, 15) is 0 Å². The fraction of sp³-hybridized carbons (Fsp3) is 0.467. The van der Waals surface area contributed by atoms with Gasteiger partial charge in [0.05, 0.1) is 5.56 Å². The Balaban J connectivity index is 2.07. The van der Waals surface area contributed by atoms with Gasteiger partial charge in [-0.3, -0.25) is 0 Å². The molecule has 0 atom stereocenters. The van der Waals surface area contributed by atoms with Gasteiger partial charge in [-0.1, -0.05) is 12.1 Å². The first-order valence-corrected chi connectivity index (χ1v) is 7.49. The first-order valence-electron chi connectivity index (χ1n) is 6.70. The molecule has 108 valence electrons. The lowest BCUT2D eigenvalue weighted by molar-refractivity contribution is 0.412. The summed E-state index contributed by atoms with van der Waals surface area (Å²) in [4.78, 5) is 0. The molecule has 1 aromatic heterocycles. The highest BCUT2D eigenvalue weighted by atomic mass is 79.9. The molecule has 0 unspecified atom stereocenters. The molecule has 2 aromatic rings. The van der Waals surface area contributed by atoms with Crippen molar-refractivity contribution in [2.24, 2.45) is 0 Å². The van der Waals surface area contributed by atoms with E-state index in [2.05, 4.69) is 52.2 Å². The number of nitrogens with one attached hydrogen (secondary N) is 1. The summed E-state index contributed by atoms with van der Waals surface area (Å²) in [6.45, 7) is 9.26. The molecule has 0 aliphatic heterocycles. The molecule has 0 spiro atoms. The second kappa shape index (κ2) is 6.06. The lowest BCUT2D eigenvalue weighted by Gasteiger charge is -2.19.